The average Bonchev–Trinajstić information content (AvgIpc) is 3.41. The minimum absolute atomic E-state index is 0.122. The van der Waals surface area contributed by atoms with E-state index in [9.17, 15) is 14.4 Å². The van der Waals surface area contributed by atoms with Gasteiger partial charge in [0, 0.05) is 22.9 Å². The monoisotopic (exact) mass is 528 g/mol. The summed E-state index contributed by atoms with van der Waals surface area (Å²) in [5.74, 6) is -1.01. The van der Waals surface area contributed by atoms with Gasteiger partial charge in [0.25, 0.3) is 0 Å². The van der Waals surface area contributed by atoms with Crippen molar-refractivity contribution in [3.05, 3.63) is 101 Å². The van der Waals surface area contributed by atoms with Crippen LogP contribution in [-0.4, -0.2) is 28.9 Å². The fourth-order valence-corrected chi connectivity index (χ4v) is 5.38. The summed E-state index contributed by atoms with van der Waals surface area (Å²) in [6, 6.07) is 16.6. The second kappa shape index (κ2) is 13.0. The number of carboxylic acids is 1. The van der Waals surface area contributed by atoms with E-state index in [1.54, 1.807) is 35.6 Å². The van der Waals surface area contributed by atoms with E-state index in [4.69, 9.17) is 5.11 Å². The maximum Gasteiger partial charge on any atom is 0.307 e. The topological polar surface area (TPSA) is 95.5 Å². The Morgan fingerprint density at radius 1 is 1.05 bits per heavy atom. The SMILES string of the molecule is CCC(NC(=O)CCc1ccc(-c2cc(C3C=CC=CC3)cs2)cc1)C(=O)Nc1cccc(CC(=O)O)c1. The van der Waals surface area contributed by atoms with E-state index in [0.717, 1.165) is 12.0 Å². The number of anilines is 1. The van der Waals surface area contributed by atoms with Crippen molar-refractivity contribution in [2.75, 3.05) is 5.32 Å². The van der Waals surface area contributed by atoms with Crippen molar-refractivity contribution in [1.29, 1.82) is 0 Å². The molecule has 4 rings (SSSR count). The summed E-state index contributed by atoms with van der Waals surface area (Å²) < 4.78 is 0. The molecule has 1 aromatic heterocycles. The van der Waals surface area contributed by atoms with Crippen molar-refractivity contribution in [1.82, 2.24) is 5.32 Å². The number of hydrogen-bond acceptors (Lipinski definition) is 4. The zero-order valence-electron chi connectivity index (χ0n) is 21.4. The van der Waals surface area contributed by atoms with Gasteiger partial charge in [0.1, 0.15) is 6.04 Å². The van der Waals surface area contributed by atoms with Gasteiger partial charge in [-0.2, -0.15) is 0 Å². The van der Waals surface area contributed by atoms with E-state index in [1.165, 1.54) is 16.0 Å². The molecule has 0 radical (unpaired) electrons. The summed E-state index contributed by atoms with van der Waals surface area (Å²) in [5, 5.41) is 16.8. The van der Waals surface area contributed by atoms with Crippen LogP contribution in [-0.2, 0) is 27.2 Å². The predicted octanol–water partition coefficient (Wildman–Crippen LogP) is 6.11. The van der Waals surface area contributed by atoms with Gasteiger partial charge >= 0.3 is 5.97 Å². The van der Waals surface area contributed by atoms with Crippen LogP contribution in [0.2, 0.25) is 0 Å². The minimum Gasteiger partial charge on any atom is -0.481 e. The summed E-state index contributed by atoms with van der Waals surface area (Å²) in [6.07, 6.45) is 10.9. The number of amides is 2. The van der Waals surface area contributed by atoms with Gasteiger partial charge in [-0.05, 0) is 65.1 Å². The highest BCUT2D eigenvalue weighted by atomic mass is 32.1. The van der Waals surface area contributed by atoms with Gasteiger partial charge in [0.15, 0.2) is 0 Å². The Labute approximate surface area is 227 Å². The van der Waals surface area contributed by atoms with Crippen LogP contribution in [0, 0.1) is 0 Å². The summed E-state index contributed by atoms with van der Waals surface area (Å²) >= 11 is 1.75. The first-order chi connectivity index (χ1) is 18.4. The highest BCUT2D eigenvalue weighted by molar-refractivity contribution is 7.13. The molecule has 0 bridgehead atoms. The second-order valence-corrected chi connectivity index (χ2v) is 10.3. The Morgan fingerprint density at radius 3 is 2.58 bits per heavy atom. The number of benzene rings is 2. The lowest BCUT2D eigenvalue weighted by atomic mass is 9.94. The van der Waals surface area contributed by atoms with E-state index in [2.05, 4.69) is 70.6 Å². The summed E-state index contributed by atoms with van der Waals surface area (Å²) in [6.45, 7) is 1.83. The number of rotatable bonds is 11. The molecule has 38 heavy (non-hydrogen) atoms. The summed E-state index contributed by atoms with van der Waals surface area (Å²) in [7, 11) is 0. The van der Waals surface area contributed by atoms with Gasteiger partial charge < -0.3 is 15.7 Å². The van der Waals surface area contributed by atoms with Crippen LogP contribution in [0.5, 0.6) is 0 Å². The van der Waals surface area contributed by atoms with Crippen LogP contribution >= 0.6 is 11.3 Å². The normalized spacial score (nSPS) is 15.1. The van der Waals surface area contributed by atoms with E-state index in [0.29, 0.717) is 30.0 Å². The third-order valence-electron chi connectivity index (χ3n) is 6.52. The molecule has 2 amide bonds. The van der Waals surface area contributed by atoms with Crippen LogP contribution in [0.4, 0.5) is 5.69 Å². The number of hydrogen-bond donors (Lipinski definition) is 3. The lowest BCUT2D eigenvalue weighted by molar-refractivity contribution is -0.136. The molecule has 1 aliphatic carbocycles. The molecule has 2 atom stereocenters. The number of carbonyl (C=O) groups is 3. The van der Waals surface area contributed by atoms with Crippen molar-refractivity contribution < 1.29 is 19.5 Å². The molecule has 0 saturated carbocycles. The number of nitrogens with one attached hydrogen (secondary N) is 2. The zero-order valence-corrected chi connectivity index (χ0v) is 22.2. The van der Waals surface area contributed by atoms with E-state index < -0.39 is 12.0 Å². The van der Waals surface area contributed by atoms with Crippen molar-refractivity contribution in [3.8, 4) is 10.4 Å². The number of aryl methyl sites for hydroxylation is 1. The number of allylic oxidation sites excluding steroid dienone is 4. The minimum atomic E-state index is -0.937. The molecule has 0 spiro atoms. The molecule has 2 aromatic carbocycles. The molecule has 7 heteroatoms. The van der Waals surface area contributed by atoms with Gasteiger partial charge in [-0.3, -0.25) is 14.4 Å². The molecule has 1 heterocycles. The molecule has 196 valence electrons. The van der Waals surface area contributed by atoms with Gasteiger partial charge in [0.05, 0.1) is 6.42 Å². The van der Waals surface area contributed by atoms with E-state index >= 15 is 0 Å². The maximum absolute atomic E-state index is 12.7. The lowest BCUT2D eigenvalue weighted by Gasteiger charge is -2.17. The van der Waals surface area contributed by atoms with Crippen LogP contribution in [0.15, 0.2) is 84.3 Å². The molecule has 0 fully saturated rings. The molecule has 1 aliphatic rings. The largest absolute Gasteiger partial charge is 0.481 e. The van der Waals surface area contributed by atoms with Gasteiger partial charge in [-0.25, -0.2) is 0 Å². The lowest BCUT2D eigenvalue weighted by Crippen LogP contribution is -2.43. The van der Waals surface area contributed by atoms with Gasteiger partial charge in [-0.15, -0.1) is 11.3 Å². The standard InChI is InChI=1S/C31H32N2O4S/c1-2-27(31(37)32-26-10-6-7-22(17-26)18-30(35)36)33-29(34)16-13-21-11-14-24(15-12-21)28-19-25(20-38-28)23-8-4-3-5-9-23/h3-8,10-12,14-15,17,19-20,23,27H,2,9,13,16,18H2,1H3,(H,32,37)(H,33,34)(H,35,36). The van der Waals surface area contributed by atoms with E-state index in [1.807, 2.05) is 6.92 Å². The number of aliphatic carboxylic acids is 1. The van der Waals surface area contributed by atoms with Crippen molar-refractivity contribution >= 4 is 34.8 Å². The highest BCUT2D eigenvalue weighted by Crippen LogP contribution is 2.34. The molecular weight excluding hydrogens is 496 g/mol. The molecule has 3 aromatic rings. The maximum atomic E-state index is 12.7. The predicted molar refractivity (Wildman–Crippen MR) is 152 cm³/mol. The summed E-state index contributed by atoms with van der Waals surface area (Å²) in [5.41, 5.74) is 4.67. The van der Waals surface area contributed by atoms with Crippen LogP contribution in [0.1, 0.15) is 48.8 Å². The second-order valence-electron chi connectivity index (χ2n) is 9.38. The Bertz CT molecular complexity index is 1340. The number of thiophene rings is 1. The van der Waals surface area contributed by atoms with Crippen LogP contribution < -0.4 is 10.6 Å². The number of carbonyl (C=O) groups excluding carboxylic acids is 2. The van der Waals surface area contributed by atoms with Gasteiger partial charge in [0.2, 0.25) is 11.8 Å². The first-order valence-electron chi connectivity index (χ1n) is 12.8. The van der Waals surface area contributed by atoms with Crippen molar-refractivity contribution in [2.45, 2.75) is 51.0 Å². The number of carboxylic acid groups (broad SMARTS) is 1. The smallest absolute Gasteiger partial charge is 0.307 e. The van der Waals surface area contributed by atoms with Crippen molar-refractivity contribution in [3.63, 3.8) is 0 Å². The van der Waals surface area contributed by atoms with Crippen molar-refractivity contribution in [2.24, 2.45) is 0 Å². The first-order valence-corrected chi connectivity index (χ1v) is 13.7. The Balaban J connectivity index is 1.27. The summed E-state index contributed by atoms with van der Waals surface area (Å²) in [4.78, 5) is 37.5. The molecule has 3 N–H and O–H groups in total. The fourth-order valence-electron chi connectivity index (χ4n) is 4.40. The average molecular weight is 529 g/mol. The fraction of sp³-hybridized carbons (Fsp3) is 0.258. The molecule has 6 nitrogen and oxygen atoms in total. The third kappa shape index (κ3) is 7.52. The zero-order chi connectivity index (χ0) is 26.9. The molecular formula is C31H32N2O4S. The third-order valence-corrected chi connectivity index (χ3v) is 7.52. The molecule has 0 saturated heterocycles. The van der Waals surface area contributed by atoms with E-state index in [-0.39, 0.29) is 24.7 Å². The Morgan fingerprint density at radius 2 is 1.87 bits per heavy atom. The highest BCUT2D eigenvalue weighted by Gasteiger charge is 2.19. The molecule has 2 unspecified atom stereocenters. The first kappa shape index (κ1) is 27.1. The Hall–Kier alpha value is -3.97. The molecule has 0 aliphatic heterocycles. The van der Waals surface area contributed by atoms with Crippen LogP contribution in [0.3, 0.4) is 0 Å². The quantitative estimate of drug-likeness (QED) is 0.280. The Kier molecular flexibility index (Phi) is 9.27. The van der Waals surface area contributed by atoms with Crippen LogP contribution in [0.25, 0.3) is 10.4 Å². The van der Waals surface area contributed by atoms with Gasteiger partial charge in [-0.1, -0.05) is 67.6 Å².